The van der Waals surface area contributed by atoms with Gasteiger partial charge in [-0.1, -0.05) is 11.6 Å². The van der Waals surface area contributed by atoms with Gasteiger partial charge in [-0.05, 0) is 31.2 Å². The van der Waals surface area contributed by atoms with Gasteiger partial charge in [-0.15, -0.1) is 0 Å². The van der Waals surface area contributed by atoms with Gasteiger partial charge in [0.25, 0.3) is 0 Å². The van der Waals surface area contributed by atoms with Crippen molar-refractivity contribution < 1.29 is 9.15 Å². The lowest BCUT2D eigenvalue weighted by molar-refractivity contribution is 0.304. The molecule has 0 fully saturated rings. The molecule has 0 N–H and O–H groups in total. The molecule has 2 aromatic heterocycles. The molecule has 3 aromatic rings. The third-order valence-corrected chi connectivity index (χ3v) is 2.84. The van der Waals surface area contributed by atoms with Crippen LogP contribution in [0.4, 0.5) is 0 Å². The largest absolute Gasteiger partial charge is 0.487 e. The molecule has 2 heterocycles. The normalized spacial score (nSPS) is 10.7. The molecule has 90 valence electrons. The van der Waals surface area contributed by atoms with Gasteiger partial charge in [-0.3, -0.25) is 4.98 Å². The van der Waals surface area contributed by atoms with E-state index in [4.69, 9.17) is 9.15 Å². The Morgan fingerprint density at radius 3 is 3.06 bits per heavy atom. The van der Waals surface area contributed by atoms with Crippen molar-refractivity contribution in [2.24, 2.45) is 0 Å². The zero-order valence-corrected chi connectivity index (χ0v) is 10.1. The molecule has 3 rings (SSSR count). The lowest BCUT2D eigenvalue weighted by Crippen LogP contribution is -1.94. The highest BCUT2D eigenvalue weighted by atomic mass is 16.5. The summed E-state index contributed by atoms with van der Waals surface area (Å²) >= 11 is 0. The summed E-state index contributed by atoms with van der Waals surface area (Å²) in [7, 11) is 0. The number of nitrogens with zero attached hydrogens (tertiary/aromatic N) is 1. The molecule has 0 spiro atoms. The molecule has 0 aliphatic carbocycles. The Morgan fingerprint density at radius 2 is 2.22 bits per heavy atom. The van der Waals surface area contributed by atoms with Crippen LogP contribution < -0.4 is 4.74 Å². The molecule has 3 nitrogen and oxygen atoms in total. The molecule has 0 atom stereocenters. The van der Waals surface area contributed by atoms with Crippen LogP contribution in [0.2, 0.25) is 0 Å². The zero-order chi connectivity index (χ0) is 12.4. The molecule has 1 aromatic carbocycles. The number of hydrogen-bond donors (Lipinski definition) is 0. The second-order valence-corrected chi connectivity index (χ2v) is 4.24. The van der Waals surface area contributed by atoms with E-state index in [-0.39, 0.29) is 0 Å². The first-order valence-corrected chi connectivity index (χ1v) is 5.82. The lowest BCUT2D eigenvalue weighted by atomic mass is 10.1. The summed E-state index contributed by atoms with van der Waals surface area (Å²) in [6.07, 6.45) is 5.18. The maximum Gasteiger partial charge on any atom is 0.138 e. The summed E-state index contributed by atoms with van der Waals surface area (Å²) in [6.45, 7) is 2.56. The standard InChI is InChI=1S/C15H13NO2/c1-11-4-5-15-14(7-11)12(10-18-15)9-17-13-3-2-6-16-8-13/h2-8,10H,9H2,1H3. The van der Waals surface area contributed by atoms with Crippen molar-refractivity contribution in [3.8, 4) is 5.75 Å². The molecule has 0 radical (unpaired) electrons. The molecular formula is C15H13NO2. The average molecular weight is 239 g/mol. The van der Waals surface area contributed by atoms with Gasteiger partial charge in [0.1, 0.15) is 17.9 Å². The smallest absolute Gasteiger partial charge is 0.138 e. The third kappa shape index (κ3) is 2.07. The van der Waals surface area contributed by atoms with Crippen LogP contribution >= 0.6 is 0 Å². The Morgan fingerprint density at radius 1 is 1.28 bits per heavy atom. The molecule has 0 saturated carbocycles. The fourth-order valence-electron chi connectivity index (χ4n) is 1.90. The van der Waals surface area contributed by atoms with E-state index >= 15 is 0 Å². The van der Waals surface area contributed by atoms with Crippen LogP contribution in [0.5, 0.6) is 5.75 Å². The number of fused-ring (bicyclic) bond motifs is 1. The van der Waals surface area contributed by atoms with Crippen LogP contribution in [0.3, 0.4) is 0 Å². The third-order valence-electron chi connectivity index (χ3n) is 2.84. The first kappa shape index (κ1) is 10.8. The van der Waals surface area contributed by atoms with Crippen molar-refractivity contribution >= 4 is 11.0 Å². The van der Waals surface area contributed by atoms with Gasteiger partial charge in [-0.25, -0.2) is 0 Å². The maximum atomic E-state index is 5.68. The Labute approximate surface area is 105 Å². The van der Waals surface area contributed by atoms with Crippen LogP contribution in [0.25, 0.3) is 11.0 Å². The van der Waals surface area contributed by atoms with Gasteiger partial charge in [-0.2, -0.15) is 0 Å². The van der Waals surface area contributed by atoms with Crippen molar-refractivity contribution in [1.29, 1.82) is 0 Å². The van der Waals surface area contributed by atoms with E-state index in [2.05, 4.69) is 18.0 Å². The molecule has 0 aliphatic heterocycles. The van der Waals surface area contributed by atoms with Crippen LogP contribution in [0.15, 0.2) is 53.4 Å². The van der Waals surface area contributed by atoms with Gasteiger partial charge < -0.3 is 9.15 Å². The second-order valence-electron chi connectivity index (χ2n) is 4.24. The quantitative estimate of drug-likeness (QED) is 0.698. The minimum atomic E-state index is 0.488. The monoisotopic (exact) mass is 239 g/mol. The average Bonchev–Trinajstić information content (AvgIpc) is 2.80. The van der Waals surface area contributed by atoms with E-state index in [1.807, 2.05) is 24.3 Å². The van der Waals surface area contributed by atoms with Gasteiger partial charge in [0.05, 0.1) is 12.5 Å². The van der Waals surface area contributed by atoms with Crippen LogP contribution in [-0.2, 0) is 6.61 Å². The molecule has 0 amide bonds. The summed E-state index contributed by atoms with van der Waals surface area (Å²) in [5.74, 6) is 0.763. The number of rotatable bonds is 3. The van der Waals surface area contributed by atoms with E-state index in [9.17, 15) is 0 Å². The summed E-state index contributed by atoms with van der Waals surface area (Å²) in [5.41, 5.74) is 3.16. The molecule has 18 heavy (non-hydrogen) atoms. The lowest BCUT2D eigenvalue weighted by Gasteiger charge is -2.03. The van der Waals surface area contributed by atoms with Gasteiger partial charge in [0.15, 0.2) is 0 Å². The summed E-state index contributed by atoms with van der Waals surface area (Å²) in [5, 5.41) is 1.11. The highest BCUT2D eigenvalue weighted by Gasteiger charge is 2.06. The number of benzene rings is 1. The number of hydrogen-bond acceptors (Lipinski definition) is 3. The minimum Gasteiger partial charge on any atom is -0.487 e. The molecule has 3 heteroatoms. The zero-order valence-electron chi connectivity index (χ0n) is 10.1. The summed E-state index contributed by atoms with van der Waals surface area (Å²) in [6, 6.07) is 9.88. The molecule has 0 bridgehead atoms. The van der Waals surface area contributed by atoms with Crippen LogP contribution in [0, 0.1) is 6.92 Å². The fourth-order valence-corrected chi connectivity index (χ4v) is 1.90. The summed E-state index contributed by atoms with van der Waals surface area (Å²) < 4.78 is 11.2. The highest BCUT2D eigenvalue weighted by Crippen LogP contribution is 2.23. The first-order chi connectivity index (χ1) is 8.83. The van der Waals surface area contributed by atoms with E-state index in [1.54, 1.807) is 18.7 Å². The predicted molar refractivity (Wildman–Crippen MR) is 69.5 cm³/mol. The van der Waals surface area contributed by atoms with Crippen molar-refractivity contribution in [1.82, 2.24) is 4.98 Å². The van der Waals surface area contributed by atoms with E-state index < -0.39 is 0 Å². The van der Waals surface area contributed by atoms with Crippen molar-refractivity contribution in [2.75, 3.05) is 0 Å². The topological polar surface area (TPSA) is 35.3 Å². The molecule has 0 saturated heterocycles. The van der Waals surface area contributed by atoms with Crippen molar-refractivity contribution in [3.63, 3.8) is 0 Å². The van der Waals surface area contributed by atoms with Gasteiger partial charge in [0, 0.05) is 17.1 Å². The van der Waals surface area contributed by atoms with E-state index in [0.717, 1.165) is 22.3 Å². The predicted octanol–water partition coefficient (Wildman–Crippen LogP) is 3.72. The molecule has 0 unspecified atom stereocenters. The van der Waals surface area contributed by atoms with Crippen molar-refractivity contribution in [2.45, 2.75) is 13.5 Å². The first-order valence-electron chi connectivity index (χ1n) is 5.82. The van der Waals surface area contributed by atoms with Crippen molar-refractivity contribution in [3.05, 3.63) is 60.1 Å². The van der Waals surface area contributed by atoms with E-state index in [1.165, 1.54) is 5.56 Å². The number of aromatic nitrogens is 1. The maximum absolute atomic E-state index is 5.68. The second kappa shape index (κ2) is 4.53. The van der Waals surface area contributed by atoms with Crippen LogP contribution in [0.1, 0.15) is 11.1 Å². The van der Waals surface area contributed by atoms with Gasteiger partial charge in [0.2, 0.25) is 0 Å². The highest BCUT2D eigenvalue weighted by molar-refractivity contribution is 5.81. The number of aryl methyl sites for hydroxylation is 1. The Hall–Kier alpha value is -2.29. The Kier molecular flexibility index (Phi) is 2.73. The number of pyridine rings is 1. The fraction of sp³-hybridized carbons (Fsp3) is 0.133. The Bertz CT molecular complexity index is 659. The number of furan rings is 1. The SMILES string of the molecule is Cc1ccc2occ(COc3cccnc3)c2c1. The number of ether oxygens (including phenoxy) is 1. The minimum absolute atomic E-state index is 0.488. The Balaban J connectivity index is 1.85. The van der Waals surface area contributed by atoms with Crippen LogP contribution in [-0.4, -0.2) is 4.98 Å². The molecular weight excluding hydrogens is 226 g/mol. The van der Waals surface area contributed by atoms with E-state index in [0.29, 0.717) is 6.61 Å². The summed E-state index contributed by atoms with van der Waals surface area (Å²) in [4.78, 5) is 4.01. The van der Waals surface area contributed by atoms with Gasteiger partial charge >= 0.3 is 0 Å². The molecule has 0 aliphatic rings.